The minimum absolute atomic E-state index is 0.0460. The highest BCUT2D eigenvalue weighted by molar-refractivity contribution is 9.09. The minimum Gasteiger partial charge on any atom is -0.385 e. The lowest BCUT2D eigenvalue weighted by molar-refractivity contribution is -0.151. The maximum atomic E-state index is 12.4. The Morgan fingerprint density at radius 2 is 2.22 bits per heavy atom. The van der Waals surface area contributed by atoms with Gasteiger partial charge in [-0.25, -0.2) is 0 Å². The molecule has 0 aromatic carbocycles. The van der Waals surface area contributed by atoms with Gasteiger partial charge in [0.2, 0.25) is 0 Å². The lowest BCUT2D eigenvalue weighted by Gasteiger charge is -2.52. The Hall–Kier alpha value is -0.150. The fourth-order valence-corrected chi connectivity index (χ4v) is 4.31. The molecule has 2 fully saturated rings. The largest absolute Gasteiger partial charge is 0.385 e. The van der Waals surface area contributed by atoms with Crippen molar-refractivity contribution in [3.63, 3.8) is 0 Å². The predicted molar refractivity (Wildman–Crippen MR) is 76.7 cm³/mol. The molecule has 0 aromatic rings. The first-order valence-corrected chi connectivity index (χ1v) is 7.99. The maximum absolute atomic E-state index is 12.4. The van der Waals surface area contributed by atoms with Crippen molar-refractivity contribution < 1.29 is 9.90 Å². The smallest absolute Gasteiger partial charge is 0.165 e. The molecule has 0 heterocycles. The Morgan fingerprint density at radius 3 is 2.83 bits per heavy atom. The van der Waals surface area contributed by atoms with Gasteiger partial charge in [-0.05, 0) is 24.2 Å². The van der Waals surface area contributed by atoms with Crippen molar-refractivity contribution in [2.45, 2.75) is 45.6 Å². The third-order valence-corrected chi connectivity index (χ3v) is 6.14. The zero-order chi connectivity index (χ0) is 13.5. The molecule has 0 amide bonds. The molecule has 3 heteroatoms. The number of carbonyl (C=O) groups excluding carboxylic acids is 1. The van der Waals surface area contributed by atoms with Gasteiger partial charge in [0, 0.05) is 17.2 Å². The van der Waals surface area contributed by atoms with Gasteiger partial charge in [0.05, 0.1) is 0 Å². The molecule has 5 atom stereocenters. The van der Waals surface area contributed by atoms with Crippen LogP contribution in [0.25, 0.3) is 0 Å². The summed E-state index contributed by atoms with van der Waals surface area (Å²) in [4.78, 5) is 12.4. The molecule has 2 nitrogen and oxygen atoms in total. The first kappa shape index (κ1) is 14.3. The van der Waals surface area contributed by atoms with Crippen LogP contribution in [0.15, 0.2) is 12.2 Å². The topological polar surface area (TPSA) is 37.3 Å². The van der Waals surface area contributed by atoms with Crippen LogP contribution in [0, 0.1) is 23.2 Å². The molecule has 0 saturated heterocycles. The van der Waals surface area contributed by atoms with E-state index in [1.165, 1.54) is 6.42 Å². The van der Waals surface area contributed by atoms with Crippen molar-refractivity contribution in [2.24, 2.45) is 23.2 Å². The van der Waals surface area contributed by atoms with E-state index in [9.17, 15) is 9.90 Å². The third-order valence-electron chi connectivity index (χ3n) is 5.42. The number of fused-ring (bicyclic) bond motifs is 1. The summed E-state index contributed by atoms with van der Waals surface area (Å²) in [7, 11) is 0. The number of hydrogen-bond acceptors (Lipinski definition) is 2. The monoisotopic (exact) mass is 314 g/mol. The molecule has 2 rings (SSSR count). The van der Waals surface area contributed by atoms with E-state index in [-0.39, 0.29) is 23.0 Å². The number of ketones is 1. The van der Waals surface area contributed by atoms with E-state index in [0.717, 1.165) is 24.8 Å². The second-order valence-corrected chi connectivity index (χ2v) is 6.90. The van der Waals surface area contributed by atoms with Gasteiger partial charge in [0.15, 0.2) is 5.78 Å². The molecule has 2 aliphatic rings. The highest BCUT2D eigenvalue weighted by Crippen LogP contribution is 2.54. The average molecular weight is 315 g/mol. The summed E-state index contributed by atoms with van der Waals surface area (Å²) in [6, 6.07) is 0. The second-order valence-electron chi connectivity index (χ2n) is 6.34. The molecule has 0 bridgehead atoms. The summed E-state index contributed by atoms with van der Waals surface area (Å²) in [6.07, 6.45) is 3.33. The lowest BCUT2D eigenvalue weighted by Crippen LogP contribution is -2.54. The van der Waals surface area contributed by atoms with Crippen LogP contribution in [0.1, 0.15) is 39.5 Å². The number of halogens is 1. The summed E-state index contributed by atoms with van der Waals surface area (Å²) in [5.41, 5.74) is 0.998. The van der Waals surface area contributed by atoms with Crippen LogP contribution in [-0.2, 0) is 4.79 Å². The molecule has 0 radical (unpaired) electrons. The number of aliphatic hydroxyl groups is 1. The van der Waals surface area contributed by atoms with Crippen molar-refractivity contribution >= 4 is 21.7 Å². The molecular weight excluding hydrogens is 292 g/mol. The highest BCUT2D eigenvalue weighted by atomic mass is 79.9. The van der Waals surface area contributed by atoms with E-state index in [1.54, 1.807) is 0 Å². The second kappa shape index (κ2) is 5.09. The van der Waals surface area contributed by atoms with Gasteiger partial charge < -0.3 is 5.11 Å². The first-order chi connectivity index (χ1) is 8.41. The molecule has 1 N–H and O–H groups in total. The van der Waals surface area contributed by atoms with Crippen LogP contribution in [0.5, 0.6) is 0 Å². The minimum atomic E-state index is -0.835. The van der Waals surface area contributed by atoms with E-state index in [2.05, 4.69) is 36.4 Å². The normalized spacial score (nSPS) is 44.6. The van der Waals surface area contributed by atoms with Crippen LogP contribution in [-0.4, -0.2) is 22.3 Å². The van der Waals surface area contributed by atoms with Crippen molar-refractivity contribution in [1.29, 1.82) is 0 Å². The zero-order valence-electron chi connectivity index (χ0n) is 11.3. The number of Topliss-reactive ketones (excluding diaryl/α,β-unsaturated/α-hetero) is 1. The highest BCUT2D eigenvalue weighted by Gasteiger charge is 2.53. The van der Waals surface area contributed by atoms with Gasteiger partial charge in [-0.2, -0.15) is 0 Å². The lowest BCUT2D eigenvalue weighted by atomic mass is 9.52. The molecule has 18 heavy (non-hydrogen) atoms. The summed E-state index contributed by atoms with van der Waals surface area (Å²) in [5.74, 6) is 0.593. The quantitative estimate of drug-likeness (QED) is 0.627. The standard InChI is InChI=1S/C15H23BrO2/c1-9(8-16)11-7-15(3)10(2)5-4-6-12(15)14(18)13(11)17/h10-13,17H,1,4-8H2,2-3H3. The molecule has 0 spiro atoms. The third kappa shape index (κ3) is 2.09. The van der Waals surface area contributed by atoms with E-state index < -0.39 is 6.10 Å². The zero-order valence-corrected chi connectivity index (χ0v) is 12.9. The van der Waals surface area contributed by atoms with Crippen molar-refractivity contribution in [2.75, 3.05) is 5.33 Å². The Morgan fingerprint density at radius 1 is 1.56 bits per heavy atom. The van der Waals surface area contributed by atoms with Crippen LogP contribution >= 0.6 is 15.9 Å². The summed E-state index contributed by atoms with van der Waals surface area (Å²) < 4.78 is 0. The number of alkyl halides is 1. The Labute approximate surface area is 118 Å². The number of aliphatic hydroxyl groups excluding tert-OH is 1. The summed E-state index contributed by atoms with van der Waals surface area (Å²) in [5, 5.41) is 10.9. The molecule has 2 saturated carbocycles. The van der Waals surface area contributed by atoms with Gasteiger partial charge in [0.25, 0.3) is 0 Å². The Balaban J connectivity index is 2.31. The molecular formula is C15H23BrO2. The Bertz CT molecular complexity index is 366. The summed E-state index contributed by atoms with van der Waals surface area (Å²) in [6.45, 7) is 8.51. The Kier molecular flexibility index (Phi) is 4.03. The van der Waals surface area contributed by atoms with Gasteiger partial charge in [-0.3, -0.25) is 4.79 Å². The van der Waals surface area contributed by atoms with Crippen LogP contribution in [0.2, 0.25) is 0 Å². The molecule has 0 aliphatic heterocycles. The van der Waals surface area contributed by atoms with E-state index in [0.29, 0.717) is 11.2 Å². The molecule has 102 valence electrons. The predicted octanol–water partition coefficient (Wildman–Crippen LogP) is 3.33. The van der Waals surface area contributed by atoms with Crippen LogP contribution < -0.4 is 0 Å². The summed E-state index contributed by atoms with van der Waals surface area (Å²) >= 11 is 3.40. The van der Waals surface area contributed by atoms with E-state index in [4.69, 9.17) is 0 Å². The average Bonchev–Trinajstić information content (AvgIpc) is 2.35. The van der Waals surface area contributed by atoms with Gasteiger partial charge in [0.1, 0.15) is 6.10 Å². The van der Waals surface area contributed by atoms with Gasteiger partial charge in [-0.15, -0.1) is 0 Å². The molecule has 5 unspecified atom stereocenters. The van der Waals surface area contributed by atoms with Crippen LogP contribution in [0.4, 0.5) is 0 Å². The number of rotatable bonds is 2. The van der Waals surface area contributed by atoms with Crippen molar-refractivity contribution in [1.82, 2.24) is 0 Å². The first-order valence-electron chi connectivity index (χ1n) is 6.87. The van der Waals surface area contributed by atoms with Gasteiger partial charge >= 0.3 is 0 Å². The fourth-order valence-electron chi connectivity index (χ4n) is 3.90. The number of hydrogen-bond donors (Lipinski definition) is 1. The maximum Gasteiger partial charge on any atom is 0.165 e. The fraction of sp³-hybridized carbons (Fsp3) is 0.800. The van der Waals surface area contributed by atoms with Crippen molar-refractivity contribution in [3.8, 4) is 0 Å². The SMILES string of the molecule is C=C(CBr)C1CC2(C)C(C)CCCC2C(=O)C1O. The van der Waals surface area contributed by atoms with Gasteiger partial charge in [-0.1, -0.05) is 54.8 Å². The van der Waals surface area contributed by atoms with E-state index in [1.807, 2.05) is 0 Å². The van der Waals surface area contributed by atoms with Crippen LogP contribution in [0.3, 0.4) is 0 Å². The molecule has 2 aliphatic carbocycles. The van der Waals surface area contributed by atoms with E-state index >= 15 is 0 Å². The number of carbonyl (C=O) groups is 1. The van der Waals surface area contributed by atoms with Crippen molar-refractivity contribution in [3.05, 3.63) is 12.2 Å². The molecule has 0 aromatic heterocycles.